The Balaban J connectivity index is 0.00000289. The number of phenols is 1. The molecule has 0 aliphatic rings. The van der Waals surface area contributed by atoms with Crippen molar-refractivity contribution < 1.29 is 28.2 Å². The van der Waals surface area contributed by atoms with Gasteiger partial charge < -0.3 is 15.9 Å². The van der Waals surface area contributed by atoms with E-state index in [-0.39, 0.29) is 16.9 Å². The first-order valence-corrected chi connectivity index (χ1v) is 5.02. The lowest BCUT2D eigenvalue weighted by Gasteiger charge is -2.19. The predicted molar refractivity (Wildman–Crippen MR) is 63.0 cm³/mol. The maximum atomic E-state index is 12.4. The van der Waals surface area contributed by atoms with E-state index in [0.29, 0.717) is 0 Å². The molecule has 0 fully saturated rings. The van der Waals surface area contributed by atoms with Crippen LogP contribution < -0.4 is 5.73 Å². The molecule has 102 valence electrons. The van der Waals surface area contributed by atoms with Gasteiger partial charge in [0.15, 0.2) is 0 Å². The lowest BCUT2D eigenvalue weighted by atomic mass is 10.0. The molecule has 0 aliphatic carbocycles. The molecule has 0 aromatic heterocycles. The van der Waals surface area contributed by atoms with Gasteiger partial charge in [0, 0.05) is 10.0 Å². The molecule has 4 N–H and O–H groups in total. The molecule has 18 heavy (non-hydrogen) atoms. The topological polar surface area (TPSA) is 83.6 Å². The Hall–Kier alpha value is -0.990. The number of halogens is 5. The van der Waals surface area contributed by atoms with Gasteiger partial charge in [0.1, 0.15) is 17.4 Å². The van der Waals surface area contributed by atoms with Crippen molar-refractivity contribution in [3.63, 3.8) is 0 Å². The summed E-state index contributed by atoms with van der Waals surface area (Å²) in [6.45, 7) is 0. The summed E-state index contributed by atoms with van der Waals surface area (Å²) in [4.78, 5) is 10.7. The van der Waals surface area contributed by atoms with Crippen LogP contribution in [0.3, 0.4) is 0 Å². The summed E-state index contributed by atoms with van der Waals surface area (Å²) in [6, 6.07) is -0.394. The molecule has 1 atom stereocenters. The number of benzene rings is 1. The van der Waals surface area contributed by atoms with E-state index in [1.165, 1.54) is 0 Å². The zero-order valence-corrected chi connectivity index (χ0v) is 10.9. The number of hydrogen-bond donors (Lipinski definition) is 3. The Morgan fingerprint density at radius 1 is 1.39 bits per heavy atom. The lowest BCUT2D eigenvalue weighted by molar-refractivity contribution is -0.149. The number of alkyl halides is 3. The second-order valence-corrected chi connectivity index (χ2v) is 4.04. The highest BCUT2D eigenvalue weighted by Crippen LogP contribution is 2.40. The Labute approximate surface area is 114 Å². The van der Waals surface area contributed by atoms with Crippen LogP contribution in [0, 0.1) is 0 Å². The van der Waals surface area contributed by atoms with Crippen LogP contribution in [-0.2, 0) is 0 Å². The molecule has 0 saturated heterocycles. The van der Waals surface area contributed by atoms with Gasteiger partial charge in [0.25, 0.3) is 0 Å². The fourth-order valence-corrected chi connectivity index (χ4v) is 1.78. The smallest absolute Gasteiger partial charge is 0.407 e. The predicted octanol–water partition coefficient (Wildman–Crippen LogP) is 2.84. The van der Waals surface area contributed by atoms with Crippen molar-refractivity contribution in [2.45, 2.75) is 12.2 Å². The number of carbonyl (C=O) groups is 1. The quantitative estimate of drug-likeness (QED) is 0.766. The molecule has 0 radical (unpaired) electrons. The van der Waals surface area contributed by atoms with Gasteiger partial charge in [-0.2, -0.15) is 13.2 Å². The molecule has 1 aromatic rings. The van der Waals surface area contributed by atoms with Crippen molar-refractivity contribution in [2.75, 3.05) is 0 Å². The Morgan fingerprint density at radius 2 is 1.89 bits per heavy atom. The van der Waals surface area contributed by atoms with Crippen molar-refractivity contribution in [3.8, 4) is 5.75 Å². The number of aromatic carboxylic acids is 1. The normalized spacial score (nSPS) is 12.7. The summed E-state index contributed by atoms with van der Waals surface area (Å²) in [6.07, 6.45) is -4.78. The van der Waals surface area contributed by atoms with Crippen LogP contribution in [0.2, 0.25) is 0 Å². The minimum absolute atomic E-state index is 0. The molecular formula is C9H8BrClF3NO3. The summed E-state index contributed by atoms with van der Waals surface area (Å²) in [5.41, 5.74) is 3.60. The highest BCUT2D eigenvalue weighted by molar-refractivity contribution is 9.10. The summed E-state index contributed by atoms with van der Waals surface area (Å²) >= 11 is 2.79. The third kappa shape index (κ3) is 3.27. The van der Waals surface area contributed by atoms with Crippen molar-refractivity contribution in [1.82, 2.24) is 0 Å². The first kappa shape index (κ1) is 17.0. The molecule has 1 aromatic carbocycles. The number of aromatic hydroxyl groups is 1. The van der Waals surface area contributed by atoms with Crippen LogP contribution in [0.1, 0.15) is 22.0 Å². The minimum Gasteiger partial charge on any atom is -0.507 e. The Morgan fingerprint density at radius 3 is 2.28 bits per heavy atom. The number of carboxylic acid groups (broad SMARTS) is 1. The van der Waals surface area contributed by atoms with E-state index < -0.39 is 35.1 Å². The van der Waals surface area contributed by atoms with Crippen molar-refractivity contribution >= 4 is 34.3 Å². The third-order valence-electron chi connectivity index (χ3n) is 2.06. The van der Waals surface area contributed by atoms with Crippen LogP contribution in [-0.4, -0.2) is 22.4 Å². The minimum atomic E-state index is -4.78. The number of nitrogens with two attached hydrogens (primary N) is 1. The first-order valence-electron chi connectivity index (χ1n) is 4.23. The Kier molecular flexibility index (Phi) is 5.45. The standard InChI is InChI=1S/C9H7BrF3NO3.ClH/c10-4-2-1-3(8(16)17)6(15)5(4)7(14)9(11,12)13;/h1-2,7,15H,14H2,(H,16,17);1H/t7-;/m1./s1. The number of hydrogen-bond acceptors (Lipinski definition) is 3. The summed E-state index contributed by atoms with van der Waals surface area (Å²) < 4.78 is 37.2. The molecule has 0 spiro atoms. The van der Waals surface area contributed by atoms with Gasteiger partial charge in [0.05, 0.1) is 0 Å². The van der Waals surface area contributed by atoms with E-state index in [2.05, 4.69) is 15.9 Å². The van der Waals surface area contributed by atoms with Crippen LogP contribution in [0.15, 0.2) is 16.6 Å². The molecule has 0 aliphatic heterocycles. The summed E-state index contributed by atoms with van der Waals surface area (Å²) in [5.74, 6) is -2.53. The van der Waals surface area contributed by atoms with E-state index in [0.717, 1.165) is 12.1 Å². The summed E-state index contributed by atoms with van der Waals surface area (Å²) in [7, 11) is 0. The number of rotatable bonds is 2. The van der Waals surface area contributed by atoms with E-state index in [9.17, 15) is 23.1 Å². The monoisotopic (exact) mass is 349 g/mol. The van der Waals surface area contributed by atoms with E-state index in [1.807, 2.05) is 0 Å². The van der Waals surface area contributed by atoms with Gasteiger partial charge in [-0.25, -0.2) is 4.79 Å². The van der Waals surface area contributed by atoms with Gasteiger partial charge in [-0.1, -0.05) is 15.9 Å². The fourth-order valence-electron chi connectivity index (χ4n) is 1.22. The highest BCUT2D eigenvalue weighted by atomic mass is 79.9. The van der Waals surface area contributed by atoms with Crippen molar-refractivity contribution in [1.29, 1.82) is 0 Å². The van der Waals surface area contributed by atoms with Gasteiger partial charge in [-0.3, -0.25) is 0 Å². The van der Waals surface area contributed by atoms with E-state index in [4.69, 9.17) is 10.8 Å². The second-order valence-electron chi connectivity index (χ2n) is 3.18. The maximum absolute atomic E-state index is 12.4. The van der Waals surface area contributed by atoms with Gasteiger partial charge in [-0.15, -0.1) is 12.4 Å². The largest absolute Gasteiger partial charge is 0.507 e. The van der Waals surface area contributed by atoms with E-state index in [1.54, 1.807) is 0 Å². The van der Waals surface area contributed by atoms with Crippen LogP contribution >= 0.6 is 28.3 Å². The SMILES string of the molecule is Cl.N[C@H](c1c(Br)ccc(C(=O)O)c1O)C(F)(F)F. The number of carboxylic acids is 1. The second kappa shape index (κ2) is 5.77. The van der Waals surface area contributed by atoms with Crippen molar-refractivity contribution in [2.24, 2.45) is 5.73 Å². The summed E-state index contributed by atoms with van der Waals surface area (Å²) in [5, 5.41) is 18.2. The van der Waals surface area contributed by atoms with Crippen LogP contribution in [0.25, 0.3) is 0 Å². The van der Waals surface area contributed by atoms with Crippen LogP contribution in [0.5, 0.6) is 5.75 Å². The highest BCUT2D eigenvalue weighted by Gasteiger charge is 2.41. The zero-order chi connectivity index (χ0) is 13.4. The van der Waals surface area contributed by atoms with Gasteiger partial charge in [-0.05, 0) is 12.1 Å². The molecule has 0 heterocycles. The van der Waals surface area contributed by atoms with Crippen molar-refractivity contribution in [3.05, 3.63) is 27.7 Å². The molecule has 9 heteroatoms. The first-order chi connectivity index (χ1) is 7.66. The molecule has 0 saturated carbocycles. The van der Waals surface area contributed by atoms with Gasteiger partial charge >= 0.3 is 12.1 Å². The third-order valence-corrected chi connectivity index (χ3v) is 2.75. The van der Waals surface area contributed by atoms with Crippen LogP contribution in [0.4, 0.5) is 13.2 Å². The average molecular weight is 351 g/mol. The molecule has 4 nitrogen and oxygen atoms in total. The molecule has 0 amide bonds. The van der Waals surface area contributed by atoms with Gasteiger partial charge in [0.2, 0.25) is 0 Å². The fraction of sp³-hybridized carbons (Fsp3) is 0.222. The molecule has 0 bridgehead atoms. The molecular weight excluding hydrogens is 342 g/mol. The maximum Gasteiger partial charge on any atom is 0.407 e. The van der Waals surface area contributed by atoms with E-state index >= 15 is 0 Å². The Bertz CT molecular complexity index is 467. The lowest BCUT2D eigenvalue weighted by Crippen LogP contribution is -2.29. The molecule has 0 unspecified atom stereocenters. The average Bonchev–Trinajstić information content (AvgIpc) is 2.15. The molecule has 1 rings (SSSR count). The zero-order valence-electron chi connectivity index (χ0n) is 8.53.